The molecule has 2 rings (SSSR count). The molecular weight excluding hydrogens is 342 g/mol. The first-order valence-electron chi connectivity index (χ1n) is 7.41. The van der Waals surface area contributed by atoms with Crippen LogP contribution in [0.1, 0.15) is 5.56 Å². The minimum Gasteiger partial charge on any atom is -0.493 e. The molecule has 0 spiro atoms. The maximum absolute atomic E-state index is 12.3. The predicted octanol–water partition coefficient (Wildman–Crippen LogP) is 2.08. The third kappa shape index (κ3) is 4.63. The molecule has 0 heterocycles. The first-order valence-corrected chi connectivity index (χ1v) is 8.90. The molecule has 1 N–H and O–H groups in total. The first-order chi connectivity index (χ1) is 11.9. The Labute approximate surface area is 147 Å². The third-order valence-corrected chi connectivity index (χ3v) is 4.68. The highest BCUT2D eigenvalue weighted by molar-refractivity contribution is 7.89. The van der Waals surface area contributed by atoms with Crippen LogP contribution in [0.15, 0.2) is 52.5 Å². The van der Waals surface area contributed by atoms with E-state index in [0.717, 1.165) is 11.3 Å². The van der Waals surface area contributed by atoms with Crippen LogP contribution >= 0.6 is 0 Å². The van der Waals surface area contributed by atoms with E-state index >= 15 is 0 Å². The lowest BCUT2D eigenvalue weighted by atomic mass is 10.2. The van der Waals surface area contributed by atoms with Crippen LogP contribution in [0.25, 0.3) is 0 Å². The molecular formula is C17H21N3O4S. The molecule has 0 radical (unpaired) electrons. The summed E-state index contributed by atoms with van der Waals surface area (Å²) >= 11 is 0. The second-order valence-electron chi connectivity index (χ2n) is 5.36. The number of rotatable bonds is 7. The van der Waals surface area contributed by atoms with Crippen LogP contribution < -0.4 is 19.2 Å². The van der Waals surface area contributed by atoms with E-state index in [-0.39, 0.29) is 4.90 Å². The number of nitrogens with zero attached hydrogens (tertiary/aromatic N) is 2. The van der Waals surface area contributed by atoms with Crippen molar-refractivity contribution in [1.29, 1.82) is 0 Å². The number of nitrogens with one attached hydrogen (secondary N) is 1. The van der Waals surface area contributed by atoms with Gasteiger partial charge >= 0.3 is 0 Å². The summed E-state index contributed by atoms with van der Waals surface area (Å²) in [7, 11) is 3.01. The van der Waals surface area contributed by atoms with Crippen LogP contribution in [0.4, 0.5) is 5.69 Å². The summed E-state index contributed by atoms with van der Waals surface area (Å²) in [5.74, 6) is 0.777. The largest absolute Gasteiger partial charge is 0.493 e. The fraction of sp³-hybridized carbons (Fsp3) is 0.235. The lowest BCUT2D eigenvalue weighted by Gasteiger charge is -2.11. The Morgan fingerprint density at radius 1 is 1.00 bits per heavy atom. The summed E-state index contributed by atoms with van der Waals surface area (Å²) in [6.45, 7) is 0. The van der Waals surface area contributed by atoms with Crippen molar-refractivity contribution in [3.8, 4) is 11.5 Å². The average molecular weight is 363 g/mol. The van der Waals surface area contributed by atoms with Crippen LogP contribution in [-0.2, 0) is 10.0 Å². The molecule has 0 atom stereocenters. The topological polar surface area (TPSA) is 80.2 Å². The maximum atomic E-state index is 12.3. The van der Waals surface area contributed by atoms with E-state index in [1.807, 2.05) is 43.3 Å². The van der Waals surface area contributed by atoms with Gasteiger partial charge in [-0.2, -0.15) is 13.5 Å². The van der Waals surface area contributed by atoms with Crippen LogP contribution in [0.2, 0.25) is 0 Å². The zero-order valence-electron chi connectivity index (χ0n) is 14.6. The third-order valence-electron chi connectivity index (χ3n) is 3.46. The van der Waals surface area contributed by atoms with Crippen molar-refractivity contribution < 1.29 is 17.9 Å². The lowest BCUT2D eigenvalue weighted by Crippen LogP contribution is -2.18. The van der Waals surface area contributed by atoms with Gasteiger partial charge in [-0.1, -0.05) is 12.1 Å². The van der Waals surface area contributed by atoms with Crippen LogP contribution in [0.5, 0.6) is 11.5 Å². The smallest absolute Gasteiger partial charge is 0.276 e. The number of ether oxygens (including phenoxy) is 2. The van der Waals surface area contributed by atoms with Gasteiger partial charge in [0, 0.05) is 25.8 Å². The molecule has 134 valence electrons. The summed E-state index contributed by atoms with van der Waals surface area (Å²) in [6, 6.07) is 11.9. The van der Waals surface area contributed by atoms with Gasteiger partial charge in [0.05, 0.1) is 25.3 Å². The van der Waals surface area contributed by atoms with Crippen molar-refractivity contribution >= 4 is 21.9 Å². The number of sulfonamides is 1. The molecule has 2 aromatic rings. The summed E-state index contributed by atoms with van der Waals surface area (Å²) in [5.41, 5.74) is 1.82. The Balaban J connectivity index is 2.13. The Bertz CT molecular complexity index is 847. The monoisotopic (exact) mass is 363 g/mol. The molecule has 25 heavy (non-hydrogen) atoms. The second kappa shape index (κ2) is 7.89. The maximum Gasteiger partial charge on any atom is 0.276 e. The first kappa shape index (κ1) is 18.6. The standard InChI is InChI=1S/C17H21N3O4S/c1-20(2)14-7-5-13(6-8-14)12-18-19-25(21,22)15-9-10-16(23-3)17(11-15)24-4/h5-12,19H,1-4H3/b18-12+. The number of methoxy groups -OCH3 is 2. The van der Waals surface area contributed by atoms with E-state index in [9.17, 15) is 8.42 Å². The molecule has 0 amide bonds. The van der Waals surface area contributed by atoms with E-state index in [1.165, 1.54) is 38.6 Å². The number of benzene rings is 2. The lowest BCUT2D eigenvalue weighted by molar-refractivity contribution is 0.354. The van der Waals surface area contributed by atoms with E-state index in [0.29, 0.717) is 11.5 Å². The normalized spacial score (nSPS) is 11.4. The van der Waals surface area contributed by atoms with Gasteiger partial charge in [0.25, 0.3) is 10.0 Å². The minimum atomic E-state index is -3.80. The molecule has 7 nitrogen and oxygen atoms in total. The molecule has 0 aliphatic heterocycles. The molecule has 0 saturated heterocycles. The molecule has 0 bridgehead atoms. The highest BCUT2D eigenvalue weighted by Gasteiger charge is 2.16. The second-order valence-corrected chi connectivity index (χ2v) is 7.02. The van der Waals surface area contributed by atoms with E-state index in [2.05, 4.69) is 9.93 Å². The van der Waals surface area contributed by atoms with E-state index in [4.69, 9.17) is 9.47 Å². The minimum absolute atomic E-state index is 0.0326. The fourth-order valence-electron chi connectivity index (χ4n) is 2.07. The number of hydrazone groups is 1. The van der Waals surface area contributed by atoms with Gasteiger partial charge < -0.3 is 14.4 Å². The number of hydrogen-bond acceptors (Lipinski definition) is 6. The Morgan fingerprint density at radius 3 is 2.20 bits per heavy atom. The SMILES string of the molecule is COc1ccc(S(=O)(=O)N/N=C/c2ccc(N(C)C)cc2)cc1OC. The molecule has 0 unspecified atom stereocenters. The Kier molecular flexibility index (Phi) is 5.87. The predicted molar refractivity (Wildman–Crippen MR) is 98.2 cm³/mol. The zero-order valence-corrected chi connectivity index (χ0v) is 15.4. The molecule has 2 aromatic carbocycles. The summed E-state index contributed by atoms with van der Waals surface area (Å²) < 4.78 is 34.8. The number of anilines is 1. The molecule has 8 heteroatoms. The summed E-state index contributed by atoms with van der Waals surface area (Å²) in [6.07, 6.45) is 1.44. The van der Waals surface area contributed by atoms with E-state index < -0.39 is 10.0 Å². The van der Waals surface area contributed by atoms with Crippen molar-refractivity contribution in [2.24, 2.45) is 5.10 Å². The van der Waals surface area contributed by atoms with Crippen LogP contribution in [0, 0.1) is 0 Å². The molecule has 0 saturated carbocycles. The van der Waals surface area contributed by atoms with Crippen molar-refractivity contribution in [3.63, 3.8) is 0 Å². The van der Waals surface area contributed by atoms with Crippen molar-refractivity contribution in [1.82, 2.24) is 4.83 Å². The van der Waals surface area contributed by atoms with Crippen LogP contribution in [-0.4, -0.2) is 42.9 Å². The molecule has 0 aromatic heterocycles. The molecule has 0 aliphatic rings. The van der Waals surface area contributed by atoms with Crippen LogP contribution in [0.3, 0.4) is 0 Å². The van der Waals surface area contributed by atoms with Gasteiger partial charge in [-0.15, -0.1) is 0 Å². The van der Waals surface area contributed by atoms with Gasteiger partial charge in [0.2, 0.25) is 0 Å². The highest BCUT2D eigenvalue weighted by Crippen LogP contribution is 2.29. The van der Waals surface area contributed by atoms with Gasteiger partial charge in [0.1, 0.15) is 0 Å². The molecule has 0 aliphatic carbocycles. The summed E-state index contributed by atoms with van der Waals surface area (Å²) in [4.78, 5) is 4.19. The highest BCUT2D eigenvalue weighted by atomic mass is 32.2. The van der Waals surface area contributed by atoms with Crippen molar-refractivity contribution in [3.05, 3.63) is 48.0 Å². The molecule has 0 fully saturated rings. The number of hydrogen-bond donors (Lipinski definition) is 1. The fourth-order valence-corrected chi connectivity index (χ4v) is 2.87. The van der Waals surface area contributed by atoms with E-state index in [1.54, 1.807) is 0 Å². The average Bonchev–Trinajstić information content (AvgIpc) is 2.61. The Hall–Kier alpha value is -2.74. The van der Waals surface area contributed by atoms with Gasteiger partial charge in [0.15, 0.2) is 11.5 Å². The van der Waals surface area contributed by atoms with Gasteiger partial charge in [-0.25, -0.2) is 4.83 Å². The summed E-state index contributed by atoms with van der Waals surface area (Å²) in [5, 5.41) is 3.81. The Morgan fingerprint density at radius 2 is 1.64 bits per heavy atom. The van der Waals surface area contributed by atoms with Crippen molar-refractivity contribution in [2.45, 2.75) is 4.90 Å². The zero-order chi connectivity index (χ0) is 18.4. The quantitative estimate of drug-likeness (QED) is 0.602. The van der Waals surface area contributed by atoms with Crippen molar-refractivity contribution in [2.75, 3.05) is 33.2 Å². The van der Waals surface area contributed by atoms with Gasteiger partial charge in [-0.3, -0.25) is 0 Å². The van der Waals surface area contributed by atoms with Gasteiger partial charge in [-0.05, 0) is 29.8 Å².